The van der Waals surface area contributed by atoms with Crippen molar-refractivity contribution in [2.45, 2.75) is 38.2 Å². The topological polar surface area (TPSA) is 38.5 Å². The van der Waals surface area contributed by atoms with Gasteiger partial charge in [-0.15, -0.1) is 0 Å². The predicted octanol–water partition coefficient (Wildman–Crippen LogP) is 3.90. The fourth-order valence-corrected chi connectivity index (χ4v) is 3.98. The van der Waals surface area contributed by atoms with Crippen molar-refractivity contribution >= 4 is 5.69 Å². The second-order valence-electron chi connectivity index (χ2n) is 7.17. The summed E-state index contributed by atoms with van der Waals surface area (Å²) < 4.78 is 6.23. The number of hydrogen-bond donors (Lipinski definition) is 1. The molecule has 2 aromatic carbocycles. The van der Waals surface area contributed by atoms with E-state index in [0.717, 1.165) is 54.9 Å². The number of hydrogen-bond acceptors (Lipinski definition) is 3. The minimum absolute atomic E-state index is 0.328. The van der Waals surface area contributed by atoms with E-state index in [9.17, 15) is 0 Å². The number of piperidine rings is 1. The number of ether oxygens (including phenoxy) is 1. The van der Waals surface area contributed by atoms with Gasteiger partial charge in [-0.25, -0.2) is 0 Å². The Balaban J connectivity index is 1.57. The third kappa shape index (κ3) is 3.01. The molecule has 24 heavy (non-hydrogen) atoms. The lowest BCUT2D eigenvalue weighted by molar-refractivity contribution is 0.114. The molecule has 0 aromatic heterocycles. The van der Waals surface area contributed by atoms with Crippen molar-refractivity contribution in [3.63, 3.8) is 0 Å². The van der Waals surface area contributed by atoms with Crippen LogP contribution in [-0.2, 0) is 12.8 Å². The molecule has 4 rings (SSSR count). The van der Waals surface area contributed by atoms with Gasteiger partial charge in [-0.3, -0.25) is 0 Å². The summed E-state index contributed by atoms with van der Waals surface area (Å²) in [6.07, 6.45) is 6.03. The zero-order valence-corrected chi connectivity index (χ0v) is 14.4. The number of benzene rings is 2. The van der Waals surface area contributed by atoms with Crippen LogP contribution < -0.4 is 10.5 Å². The number of anilines is 1. The van der Waals surface area contributed by atoms with Gasteiger partial charge in [0, 0.05) is 24.3 Å². The van der Waals surface area contributed by atoms with Crippen LogP contribution >= 0.6 is 0 Å². The van der Waals surface area contributed by atoms with E-state index in [2.05, 4.69) is 48.3 Å². The Morgan fingerprint density at radius 3 is 2.75 bits per heavy atom. The molecule has 0 spiro atoms. The van der Waals surface area contributed by atoms with Crippen molar-refractivity contribution in [2.24, 2.45) is 0 Å². The molecule has 126 valence electrons. The maximum atomic E-state index is 6.47. The van der Waals surface area contributed by atoms with Crippen LogP contribution in [0.4, 0.5) is 5.69 Å². The Kier molecular flexibility index (Phi) is 4.19. The highest BCUT2D eigenvalue weighted by molar-refractivity contribution is 5.80. The lowest BCUT2D eigenvalue weighted by atomic mass is 9.97. The summed E-state index contributed by atoms with van der Waals surface area (Å²) in [5, 5.41) is 0. The first-order chi connectivity index (χ1) is 11.7. The summed E-state index contributed by atoms with van der Waals surface area (Å²) in [6, 6.07) is 12.8. The molecule has 0 saturated carbocycles. The van der Waals surface area contributed by atoms with Crippen LogP contribution in [0.25, 0.3) is 11.1 Å². The van der Waals surface area contributed by atoms with Crippen molar-refractivity contribution in [1.82, 2.24) is 4.90 Å². The summed E-state index contributed by atoms with van der Waals surface area (Å²) in [7, 11) is 2.17. The molecule has 1 aliphatic carbocycles. The van der Waals surface area contributed by atoms with E-state index in [4.69, 9.17) is 10.5 Å². The number of fused-ring (bicyclic) bond motifs is 1. The second kappa shape index (κ2) is 6.48. The molecule has 3 heteroatoms. The van der Waals surface area contributed by atoms with Crippen molar-refractivity contribution < 1.29 is 4.74 Å². The van der Waals surface area contributed by atoms with Gasteiger partial charge in [0.05, 0.1) is 0 Å². The molecule has 3 nitrogen and oxygen atoms in total. The molecule has 2 N–H and O–H groups in total. The van der Waals surface area contributed by atoms with Crippen molar-refractivity contribution in [3.05, 3.63) is 47.5 Å². The molecule has 0 unspecified atom stereocenters. The third-order valence-electron chi connectivity index (χ3n) is 5.44. The van der Waals surface area contributed by atoms with Gasteiger partial charge in [-0.1, -0.05) is 24.3 Å². The molecular weight excluding hydrogens is 296 g/mol. The monoisotopic (exact) mass is 322 g/mol. The zero-order valence-electron chi connectivity index (χ0n) is 14.4. The molecular formula is C21H26N2O. The quantitative estimate of drug-likeness (QED) is 0.871. The van der Waals surface area contributed by atoms with E-state index in [1.165, 1.54) is 24.0 Å². The van der Waals surface area contributed by atoms with Crippen LogP contribution in [0.5, 0.6) is 5.75 Å². The summed E-state index contributed by atoms with van der Waals surface area (Å²) in [6.45, 7) is 2.23. The molecule has 1 heterocycles. The van der Waals surface area contributed by atoms with Crippen LogP contribution in [0.3, 0.4) is 0 Å². The molecule has 2 aliphatic rings. The maximum absolute atomic E-state index is 6.47. The van der Waals surface area contributed by atoms with Crippen LogP contribution in [0.1, 0.15) is 30.4 Å². The van der Waals surface area contributed by atoms with Gasteiger partial charge in [0.1, 0.15) is 11.9 Å². The van der Waals surface area contributed by atoms with Crippen molar-refractivity contribution in [3.8, 4) is 16.9 Å². The number of rotatable bonds is 3. The standard InChI is InChI=1S/C21H26N2O/c1-23-12-10-17(11-13-23)24-18-6-2-5-16(14-18)20-9-8-15-4-3-7-19(15)21(20)22/h2,5-6,8-9,14,17H,3-4,7,10-13,22H2,1H3. The predicted molar refractivity (Wildman–Crippen MR) is 99.5 cm³/mol. The van der Waals surface area contributed by atoms with Gasteiger partial charge in [0.2, 0.25) is 0 Å². The summed E-state index contributed by atoms with van der Waals surface area (Å²) in [5.74, 6) is 0.960. The molecule has 0 bridgehead atoms. The highest BCUT2D eigenvalue weighted by Gasteiger charge is 2.19. The van der Waals surface area contributed by atoms with E-state index in [1.54, 1.807) is 0 Å². The average molecular weight is 322 g/mol. The highest BCUT2D eigenvalue weighted by atomic mass is 16.5. The van der Waals surface area contributed by atoms with Crippen LogP contribution in [-0.4, -0.2) is 31.1 Å². The number of aryl methyl sites for hydroxylation is 1. The number of nitrogen functional groups attached to an aromatic ring is 1. The second-order valence-corrected chi connectivity index (χ2v) is 7.17. The SMILES string of the molecule is CN1CCC(Oc2cccc(-c3ccc4c(c3N)CCC4)c2)CC1. The first-order valence-electron chi connectivity index (χ1n) is 9.06. The van der Waals surface area contributed by atoms with Crippen LogP contribution in [0.15, 0.2) is 36.4 Å². The van der Waals surface area contributed by atoms with E-state index in [0.29, 0.717) is 6.10 Å². The van der Waals surface area contributed by atoms with Gasteiger partial charge in [-0.05, 0) is 68.0 Å². The Morgan fingerprint density at radius 1 is 1.08 bits per heavy atom. The van der Waals surface area contributed by atoms with Gasteiger partial charge < -0.3 is 15.4 Å². The van der Waals surface area contributed by atoms with E-state index in [1.807, 2.05) is 0 Å². The van der Waals surface area contributed by atoms with Crippen molar-refractivity contribution in [1.29, 1.82) is 0 Å². The lowest BCUT2D eigenvalue weighted by Crippen LogP contribution is -2.35. The van der Waals surface area contributed by atoms with Gasteiger partial charge in [0.25, 0.3) is 0 Å². The Morgan fingerprint density at radius 2 is 1.92 bits per heavy atom. The van der Waals surface area contributed by atoms with Gasteiger partial charge >= 0.3 is 0 Å². The fraction of sp³-hybridized carbons (Fsp3) is 0.429. The van der Waals surface area contributed by atoms with Gasteiger partial charge in [-0.2, -0.15) is 0 Å². The largest absolute Gasteiger partial charge is 0.490 e. The van der Waals surface area contributed by atoms with E-state index >= 15 is 0 Å². The summed E-state index contributed by atoms with van der Waals surface area (Å²) in [4.78, 5) is 2.36. The van der Waals surface area contributed by atoms with E-state index < -0.39 is 0 Å². The minimum Gasteiger partial charge on any atom is -0.490 e. The summed E-state index contributed by atoms with van der Waals surface area (Å²) >= 11 is 0. The summed E-state index contributed by atoms with van der Waals surface area (Å²) in [5.41, 5.74) is 12.5. The van der Waals surface area contributed by atoms with Crippen molar-refractivity contribution in [2.75, 3.05) is 25.9 Å². The molecule has 0 amide bonds. The third-order valence-corrected chi connectivity index (χ3v) is 5.44. The number of nitrogens with zero attached hydrogens (tertiary/aromatic N) is 1. The first kappa shape index (κ1) is 15.5. The minimum atomic E-state index is 0.328. The maximum Gasteiger partial charge on any atom is 0.120 e. The Labute approximate surface area is 144 Å². The van der Waals surface area contributed by atoms with Crippen LogP contribution in [0.2, 0.25) is 0 Å². The Hall–Kier alpha value is -2.00. The normalized spacial score (nSPS) is 18.5. The lowest BCUT2D eigenvalue weighted by Gasteiger charge is -2.29. The zero-order chi connectivity index (χ0) is 16.5. The molecule has 1 fully saturated rings. The molecule has 0 atom stereocenters. The molecule has 1 aliphatic heterocycles. The Bertz CT molecular complexity index is 733. The van der Waals surface area contributed by atoms with Crippen LogP contribution in [0, 0.1) is 0 Å². The molecule has 2 aromatic rings. The van der Waals surface area contributed by atoms with Gasteiger partial charge in [0.15, 0.2) is 0 Å². The fourth-order valence-electron chi connectivity index (χ4n) is 3.98. The highest BCUT2D eigenvalue weighted by Crippen LogP contribution is 2.36. The number of nitrogens with two attached hydrogens (primary N) is 1. The number of likely N-dealkylation sites (tertiary alicyclic amines) is 1. The average Bonchev–Trinajstić information content (AvgIpc) is 3.07. The smallest absolute Gasteiger partial charge is 0.120 e. The first-order valence-corrected chi connectivity index (χ1v) is 9.06. The molecule has 0 radical (unpaired) electrons. The van der Waals surface area contributed by atoms with E-state index in [-0.39, 0.29) is 0 Å². The molecule has 1 saturated heterocycles.